The quantitative estimate of drug-likeness (QED) is 0.670. The number of imide groups is 1. The minimum atomic E-state index is -0.378. The third-order valence-electron chi connectivity index (χ3n) is 4.34. The highest BCUT2D eigenvalue weighted by atomic mass is 32.1. The Hall–Kier alpha value is -1.64. The molecule has 21 heavy (non-hydrogen) atoms. The second kappa shape index (κ2) is 5.63. The Morgan fingerprint density at radius 3 is 2.76 bits per heavy atom. The molecule has 2 amide bonds. The Morgan fingerprint density at radius 1 is 1.29 bits per heavy atom. The summed E-state index contributed by atoms with van der Waals surface area (Å²) in [4.78, 5) is 28.1. The molecule has 1 aliphatic heterocycles. The van der Waals surface area contributed by atoms with Crippen LogP contribution in [0.1, 0.15) is 41.9 Å². The highest BCUT2D eigenvalue weighted by Gasteiger charge is 2.52. The van der Waals surface area contributed by atoms with Gasteiger partial charge in [-0.15, -0.1) is 11.3 Å². The van der Waals surface area contributed by atoms with Crippen molar-refractivity contribution in [2.24, 2.45) is 11.1 Å². The molecule has 1 spiro atoms. The summed E-state index contributed by atoms with van der Waals surface area (Å²) in [5.74, 6) is 5.80. The first kappa shape index (κ1) is 14.3. The fourth-order valence-electron chi connectivity index (χ4n) is 3.29. The van der Waals surface area contributed by atoms with Crippen molar-refractivity contribution in [2.45, 2.75) is 38.6 Å². The number of thiophene rings is 1. The third-order valence-corrected chi connectivity index (χ3v) is 5.32. The summed E-state index contributed by atoms with van der Waals surface area (Å²) in [5.41, 5.74) is 4.97. The second-order valence-electron chi connectivity index (χ2n) is 5.72. The van der Waals surface area contributed by atoms with Crippen LogP contribution in [-0.2, 0) is 16.1 Å². The monoisotopic (exact) mass is 302 g/mol. The molecule has 0 bridgehead atoms. The van der Waals surface area contributed by atoms with Crippen LogP contribution in [-0.4, -0.2) is 23.3 Å². The summed E-state index contributed by atoms with van der Waals surface area (Å²) in [7, 11) is 0. The van der Waals surface area contributed by atoms with E-state index in [1.54, 1.807) is 0 Å². The molecule has 0 atom stereocenters. The van der Waals surface area contributed by atoms with Crippen molar-refractivity contribution in [3.05, 3.63) is 21.9 Å². The summed E-state index contributed by atoms with van der Waals surface area (Å²) in [6.45, 7) is 0.716. The molecule has 2 aliphatic rings. The smallest absolute Gasteiger partial charge is 0.236 e. The maximum Gasteiger partial charge on any atom is 0.236 e. The summed E-state index contributed by atoms with van der Waals surface area (Å²) in [6.07, 6.45) is 4.25. The first-order valence-corrected chi connectivity index (χ1v) is 8.09. The van der Waals surface area contributed by atoms with Gasteiger partial charge in [0, 0.05) is 11.3 Å². The zero-order valence-electron chi connectivity index (χ0n) is 11.9. The molecular formula is C16H18N2O2S. The van der Waals surface area contributed by atoms with Gasteiger partial charge in [0.1, 0.15) is 0 Å². The lowest BCUT2D eigenvalue weighted by molar-refractivity contribution is -0.142. The lowest BCUT2D eigenvalue weighted by Gasteiger charge is -2.20. The SMILES string of the molecule is NCC#Cc1ccc(CN2C(=O)CC3(CCCC3)C2=O)s1. The Kier molecular flexibility index (Phi) is 3.83. The van der Waals surface area contributed by atoms with Crippen LogP contribution >= 0.6 is 11.3 Å². The molecular weight excluding hydrogens is 284 g/mol. The van der Waals surface area contributed by atoms with Gasteiger partial charge in [0.15, 0.2) is 0 Å². The van der Waals surface area contributed by atoms with Crippen molar-refractivity contribution in [3.8, 4) is 11.8 Å². The van der Waals surface area contributed by atoms with Crippen LogP contribution in [0.15, 0.2) is 12.1 Å². The molecule has 2 heterocycles. The molecule has 2 N–H and O–H groups in total. The molecule has 5 heteroatoms. The third kappa shape index (κ3) is 2.61. The van der Waals surface area contributed by atoms with Crippen LogP contribution in [0.4, 0.5) is 0 Å². The van der Waals surface area contributed by atoms with Crippen molar-refractivity contribution in [3.63, 3.8) is 0 Å². The van der Waals surface area contributed by atoms with Crippen molar-refractivity contribution in [1.82, 2.24) is 4.90 Å². The number of hydrogen-bond acceptors (Lipinski definition) is 4. The Bertz CT molecular complexity index is 632. The second-order valence-corrected chi connectivity index (χ2v) is 6.89. The average Bonchev–Trinajstić information content (AvgIpc) is 3.15. The number of nitrogens with two attached hydrogens (primary N) is 1. The molecule has 3 rings (SSSR count). The summed E-state index contributed by atoms with van der Waals surface area (Å²) < 4.78 is 0. The van der Waals surface area contributed by atoms with Crippen molar-refractivity contribution in [1.29, 1.82) is 0 Å². The van der Waals surface area contributed by atoms with E-state index in [4.69, 9.17) is 5.73 Å². The van der Waals surface area contributed by atoms with Crippen molar-refractivity contribution >= 4 is 23.2 Å². The zero-order valence-corrected chi connectivity index (χ0v) is 12.7. The molecule has 0 unspecified atom stereocenters. The van der Waals surface area contributed by atoms with E-state index in [0.29, 0.717) is 19.5 Å². The number of amides is 2. The normalized spacial score (nSPS) is 20.1. The molecule has 1 aromatic rings. The fraction of sp³-hybridized carbons (Fsp3) is 0.500. The number of carbonyl (C=O) groups excluding carboxylic acids is 2. The van der Waals surface area contributed by atoms with E-state index in [9.17, 15) is 9.59 Å². The molecule has 1 aliphatic carbocycles. The maximum atomic E-state index is 12.6. The van der Waals surface area contributed by atoms with Crippen LogP contribution in [0.2, 0.25) is 0 Å². The molecule has 4 nitrogen and oxygen atoms in total. The largest absolute Gasteiger partial charge is 0.320 e. The van der Waals surface area contributed by atoms with Crippen molar-refractivity contribution < 1.29 is 9.59 Å². The Balaban J connectivity index is 1.74. The lowest BCUT2D eigenvalue weighted by atomic mass is 9.84. The van der Waals surface area contributed by atoms with Gasteiger partial charge >= 0.3 is 0 Å². The predicted octanol–water partition coefficient (Wildman–Crippen LogP) is 1.88. The van der Waals surface area contributed by atoms with E-state index in [1.165, 1.54) is 16.2 Å². The minimum absolute atomic E-state index is 0.0232. The van der Waals surface area contributed by atoms with Gasteiger partial charge in [-0.25, -0.2) is 0 Å². The number of hydrogen-bond donors (Lipinski definition) is 1. The Morgan fingerprint density at radius 2 is 2.05 bits per heavy atom. The van der Waals surface area contributed by atoms with E-state index in [1.807, 2.05) is 12.1 Å². The lowest BCUT2D eigenvalue weighted by Crippen LogP contribution is -2.33. The van der Waals surface area contributed by atoms with Gasteiger partial charge < -0.3 is 5.73 Å². The highest BCUT2D eigenvalue weighted by molar-refractivity contribution is 7.12. The maximum absolute atomic E-state index is 12.6. The number of carbonyl (C=O) groups is 2. The first-order chi connectivity index (χ1) is 10.1. The van der Waals surface area contributed by atoms with Crippen LogP contribution < -0.4 is 5.73 Å². The summed E-state index contributed by atoms with van der Waals surface area (Å²) in [6, 6.07) is 3.85. The average molecular weight is 302 g/mol. The van der Waals surface area contributed by atoms with E-state index < -0.39 is 0 Å². The van der Waals surface area contributed by atoms with Gasteiger partial charge in [-0.3, -0.25) is 14.5 Å². The summed E-state index contributed by atoms with van der Waals surface area (Å²) >= 11 is 1.52. The van der Waals surface area contributed by atoms with Gasteiger partial charge in [-0.2, -0.15) is 0 Å². The number of likely N-dealkylation sites (tertiary alicyclic amines) is 1. The molecule has 1 saturated heterocycles. The molecule has 0 aromatic carbocycles. The molecule has 0 radical (unpaired) electrons. The highest BCUT2D eigenvalue weighted by Crippen LogP contribution is 2.47. The standard InChI is InChI=1S/C16H18N2O2S/c17-9-3-4-12-5-6-13(21-12)11-18-14(19)10-16(15(18)20)7-1-2-8-16/h5-6H,1-2,7-11,17H2. The molecule has 110 valence electrons. The van der Waals surface area contributed by atoms with E-state index in [-0.39, 0.29) is 17.2 Å². The van der Waals surface area contributed by atoms with Crippen molar-refractivity contribution in [2.75, 3.05) is 6.54 Å². The van der Waals surface area contributed by atoms with Gasteiger partial charge in [-0.05, 0) is 25.0 Å². The Labute approximate surface area is 128 Å². The molecule has 1 saturated carbocycles. The van der Waals surface area contributed by atoms with E-state index in [0.717, 1.165) is 35.4 Å². The summed E-state index contributed by atoms with van der Waals surface area (Å²) in [5, 5.41) is 0. The van der Waals surface area contributed by atoms with Crippen LogP contribution in [0.5, 0.6) is 0 Å². The predicted molar refractivity (Wildman–Crippen MR) is 81.3 cm³/mol. The first-order valence-electron chi connectivity index (χ1n) is 7.27. The fourth-order valence-corrected chi connectivity index (χ4v) is 4.16. The molecule has 2 fully saturated rings. The van der Waals surface area contributed by atoms with Gasteiger partial charge in [-0.1, -0.05) is 24.7 Å². The van der Waals surface area contributed by atoms with E-state index in [2.05, 4.69) is 11.8 Å². The van der Waals surface area contributed by atoms with Gasteiger partial charge in [0.05, 0.1) is 23.4 Å². The van der Waals surface area contributed by atoms with Gasteiger partial charge in [0.2, 0.25) is 11.8 Å². The van der Waals surface area contributed by atoms with E-state index >= 15 is 0 Å². The minimum Gasteiger partial charge on any atom is -0.320 e. The topological polar surface area (TPSA) is 63.4 Å². The molecule has 1 aromatic heterocycles. The zero-order chi connectivity index (χ0) is 14.9. The number of rotatable bonds is 2. The number of nitrogens with zero attached hydrogens (tertiary/aromatic N) is 1. The van der Waals surface area contributed by atoms with Crippen LogP contribution in [0.25, 0.3) is 0 Å². The van der Waals surface area contributed by atoms with Crippen LogP contribution in [0.3, 0.4) is 0 Å². The van der Waals surface area contributed by atoms with Gasteiger partial charge in [0.25, 0.3) is 0 Å². The van der Waals surface area contributed by atoms with Crippen LogP contribution in [0, 0.1) is 17.3 Å².